The van der Waals surface area contributed by atoms with E-state index in [9.17, 15) is 4.79 Å². The molecule has 2 unspecified atom stereocenters. The summed E-state index contributed by atoms with van der Waals surface area (Å²) in [6.07, 6.45) is 5.40. The van der Waals surface area contributed by atoms with Gasteiger partial charge in [-0.1, -0.05) is 19.8 Å². The third-order valence-electron chi connectivity index (χ3n) is 3.52. The first-order valence-electron chi connectivity index (χ1n) is 6.21. The Morgan fingerprint density at radius 1 is 1.56 bits per heavy atom. The van der Waals surface area contributed by atoms with Gasteiger partial charge in [0.2, 0.25) is 0 Å². The Kier molecular flexibility index (Phi) is 5.22. The molecule has 1 saturated carbocycles. The number of carboxylic acid groups (broad SMARTS) is 1. The van der Waals surface area contributed by atoms with Crippen LogP contribution in [0.25, 0.3) is 0 Å². The van der Waals surface area contributed by atoms with Crippen LogP contribution in [0.4, 0.5) is 0 Å². The van der Waals surface area contributed by atoms with Gasteiger partial charge >= 0.3 is 5.97 Å². The lowest BCUT2D eigenvalue weighted by atomic mass is 9.86. The van der Waals surface area contributed by atoms with Crippen molar-refractivity contribution in [2.24, 2.45) is 11.7 Å². The van der Waals surface area contributed by atoms with E-state index in [0.717, 1.165) is 38.7 Å². The van der Waals surface area contributed by atoms with Crippen LogP contribution in [-0.2, 0) is 9.53 Å². The van der Waals surface area contributed by atoms with E-state index in [4.69, 9.17) is 15.6 Å². The highest BCUT2D eigenvalue weighted by molar-refractivity contribution is 5.79. The molecule has 1 rings (SSSR count). The normalized spacial score (nSPS) is 29.5. The average Bonchev–Trinajstić information content (AvgIpc) is 2.61. The molecule has 3 N–H and O–H groups in total. The minimum absolute atomic E-state index is 0.0756. The zero-order chi connectivity index (χ0) is 12.0. The molecule has 94 valence electrons. The van der Waals surface area contributed by atoms with Crippen molar-refractivity contribution in [1.82, 2.24) is 0 Å². The zero-order valence-electron chi connectivity index (χ0n) is 10.1. The number of carboxylic acids is 1. The Labute approximate surface area is 97.2 Å². The number of unbranched alkanes of at least 4 members (excludes halogenated alkanes) is 1. The Morgan fingerprint density at radius 3 is 2.94 bits per heavy atom. The smallest absolute Gasteiger partial charge is 0.323 e. The maximum atomic E-state index is 11.1. The molecule has 0 aromatic rings. The summed E-state index contributed by atoms with van der Waals surface area (Å²) < 4.78 is 5.46. The van der Waals surface area contributed by atoms with Gasteiger partial charge < -0.3 is 15.6 Å². The van der Waals surface area contributed by atoms with Crippen molar-refractivity contribution in [2.45, 2.75) is 51.0 Å². The molecule has 2 atom stereocenters. The van der Waals surface area contributed by atoms with Crippen LogP contribution in [0.3, 0.4) is 0 Å². The maximum Gasteiger partial charge on any atom is 0.323 e. The molecule has 0 aromatic heterocycles. The molecule has 0 aliphatic heterocycles. The molecular weight excluding hydrogens is 206 g/mol. The van der Waals surface area contributed by atoms with Crippen molar-refractivity contribution in [1.29, 1.82) is 0 Å². The maximum absolute atomic E-state index is 11.1. The van der Waals surface area contributed by atoms with E-state index in [1.165, 1.54) is 0 Å². The van der Waals surface area contributed by atoms with Crippen LogP contribution in [0, 0.1) is 5.92 Å². The second-order valence-corrected chi connectivity index (χ2v) is 4.69. The quantitative estimate of drug-likeness (QED) is 0.653. The van der Waals surface area contributed by atoms with E-state index in [1.807, 2.05) is 0 Å². The van der Waals surface area contributed by atoms with Crippen molar-refractivity contribution in [3.63, 3.8) is 0 Å². The van der Waals surface area contributed by atoms with E-state index in [1.54, 1.807) is 0 Å². The second kappa shape index (κ2) is 6.21. The topological polar surface area (TPSA) is 72.5 Å². The summed E-state index contributed by atoms with van der Waals surface area (Å²) in [4.78, 5) is 11.1. The van der Waals surface area contributed by atoms with E-state index in [0.29, 0.717) is 13.0 Å². The molecular formula is C12H23NO3. The van der Waals surface area contributed by atoms with Gasteiger partial charge in [0.15, 0.2) is 0 Å². The number of hydrogen-bond acceptors (Lipinski definition) is 3. The SMILES string of the molecule is CCCCOCCC1CCCC1(N)C(=O)O. The van der Waals surface area contributed by atoms with Crippen LogP contribution in [0.15, 0.2) is 0 Å². The van der Waals surface area contributed by atoms with E-state index in [2.05, 4.69) is 6.92 Å². The van der Waals surface area contributed by atoms with Gasteiger partial charge in [0.1, 0.15) is 5.54 Å². The summed E-state index contributed by atoms with van der Waals surface area (Å²) in [5.74, 6) is -0.782. The summed E-state index contributed by atoms with van der Waals surface area (Å²) in [7, 11) is 0. The molecule has 0 heterocycles. The number of aliphatic carboxylic acids is 1. The highest BCUT2D eigenvalue weighted by Crippen LogP contribution is 2.36. The minimum atomic E-state index is -1.01. The van der Waals surface area contributed by atoms with Crippen molar-refractivity contribution >= 4 is 5.97 Å². The number of rotatable bonds is 7. The van der Waals surface area contributed by atoms with Crippen LogP contribution in [0.1, 0.15) is 45.4 Å². The van der Waals surface area contributed by atoms with Gasteiger partial charge in [0, 0.05) is 13.2 Å². The van der Waals surface area contributed by atoms with Gasteiger partial charge in [-0.3, -0.25) is 4.79 Å². The van der Waals surface area contributed by atoms with Crippen LogP contribution >= 0.6 is 0 Å². The van der Waals surface area contributed by atoms with Crippen molar-refractivity contribution in [2.75, 3.05) is 13.2 Å². The third kappa shape index (κ3) is 3.19. The predicted molar refractivity (Wildman–Crippen MR) is 62.2 cm³/mol. The first-order valence-corrected chi connectivity index (χ1v) is 6.21. The van der Waals surface area contributed by atoms with Crippen molar-refractivity contribution in [3.05, 3.63) is 0 Å². The summed E-state index contributed by atoms with van der Waals surface area (Å²) >= 11 is 0. The second-order valence-electron chi connectivity index (χ2n) is 4.69. The summed E-state index contributed by atoms with van der Waals surface area (Å²) in [6, 6.07) is 0. The first kappa shape index (κ1) is 13.5. The molecule has 0 aromatic carbocycles. The Bertz CT molecular complexity index is 232. The summed E-state index contributed by atoms with van der Waals surface area (Å²) in [6.45, 7) is 3.53. The van der Waals surface area contributed by atoms with Crippen LogP contribution in [0.2, 0.25) is 0 Å². The van der Waals surface area contributed by atoms with E-state index in [-0.39, 0.29) is 5.92 Å². The molecule has 0 saturated heterocycles. The third-order valence-corrected chi connectivity index (χ3v) is 3.52. The Hall–Kier alpha value is -0.610. The molecule has 1 aliphatic carbocycles. The lowest BCUT2D eigenvalue weighted by Gasteiger charge is -2.26. The molecule has 0 spiro atoms. The zero-order valence-corrected chi connectivity index (χ0v) is 10.1. The standard InChI is InChI=1S/C12H23NO3/c1-2-3-8-16-9-6-10-5-4-7-12(10,13)11(14)15/h10H,2-9,13H2,1H3,(H,14,15). The van der Waals surface area contributed by atoms with Crippen LogP contribution < -0.4 is 5.73 Å². The van der Waals surface area contributed by atoms with Gasteiger partial charge in [-0.05, 0) is 31.6 Å². The monoisotopic (exact) mass is 229 g/mol. The van der Waals surface area contributed by atoms with Crippen LogP contribution in [-0.4, -0.2) is 29.8 Å². The highest BCUT2D eigenvalue weighted by atomic mass is 16.5. The molecule has 0 radical (unpaired) electrons. The fraction of sp³-hybridized carbons (Fsp3) is 0.917. The fourth-order valence-corrected chi connectivity index (χ4v) is 2.36. The predicted octanol–water partition coefficient (Wildman–Crippen LogP) is 1.78. The fourth-order valence-electron chi connectivity index (χ4n) is 2.36. The number of carbonyl (C=O) groups is 1. The Balaban J connectivity index is 2.28. The van der Waals surface area contributed by atoms with Crippen molar-refractivity contribution < 1.29 is 14.6 Å². The lowest BCUT2D eigenvalue weighted by molar-refractivity contribution is -0.145. The highest BCUT2D eigenvalue weighted by Gasteiger charge is 2.45. The molecule has 1 aliphatic rings. The first-order chi connectivity index (χ1) is 7.61. The lowest BCUT2D eigenvalue weighted by Crippen LogP contribution is -2.51. The molecule has 4 heteroatoms. The molecule has 4 nitrogen and oxygen atoms in total. The largest absolute Gasteiger partial charge is 0.480 e. The summed E-state index contributed by atoms with van der Waals surface area (Å²) in [5.41, 5.74) is 4.93. The molecule has 0 amide bonds. The van der Waals surface area contributed by atoms with Gasteiger partial charge in [0.05, 0.1) is 0 Å². The average molecular weight is 229 g/mol. The number of hydrogen-bond donors (Lipinski definition) is 2. The van der Waals surface area contributed by atoms with Gasteiger partial charge in [-0.15, -0.1) is 0 Å². The van der Waals surface area contributed by atoms with Gasteiger partial charge in [0.25, 0.3) is 0 Å². The molecule has 16 heavy (non-hydrogen) atoms. The van der Waals surface area contributed by atoms with Gasteiger partial charge in [-0.2, -0.15) is 0 Å². The van der Waals surface area contributed by atoms with E-state index >= 15 is 0 Å². The Morgan fingerprint density at radius 2 is 2.31 bits per heavy atom. The number of ether oxygens (including phenoxy) is 1. The number of nitrogens with two attached hydrogens (primary N) is 1. The summed E-state index contributed by atoms with van der Waals surface area (Å²) in [5, 5.41) is 9.12. The van der Waals surface area contributed by atoms with Gasteiger partial charge in [-0.25, -0.2) is 0 Å². The molecule has 1 fully saturated rings. The van der Waals surface area contributed by atoms with Crippen molar-refractivity contribution in [3.8, 4) is 0 Å². The van der Waals surface area contributed by atoms with Crippen LogP contribution in [0.5, 0.6) is 0 Å². The minimum Gasteiger partial charge on any atom is -0.480 e. The molecule has 0 bridgehead atoms. The van der Waals surface area contributed by atoms with E-state index < -0.39 is 11.5 Å².